The summed E-state index contributed by atoms with van der Waals surface area (Å²) < 4.78 is 0. The Morgan fingerprint density at radius 2 is 1.06 bits per heavy atom. The average molecular weight is 457 g/mol. The number of fused-ring (bicyclic) bond motifs is 3. The van der Waals surface area contributed by atoms with Crippen molar-refractivity contribution in [2.24, 2.45) is 0 Å². The first-order valence-electron chi connectivity index (χ1n) is 11.1. The van der Waals surface area contributed by atoms with Crippen molar-refractivity contribution in [2.75, 3.05) is 11.5 Å². The number of hydrogen-bond acceptors (Lipinski definition) is 4. The molecule has 0 aliphatic heterocycles. The lowest BCUT2D eigenvalue weighted by atomic mass is 9.66. The van der Waals surface area contributed by atoms with E-state index in [2.05, 4.69) is 11.8 Å². The van der Waals surface area contributed by atoms with Gasteiger partial charge in [-0.3, -0.25) is 0 Å². The van der Waals surface area contributed by atoms with E-state index in [0.29, 0.717) is 11.1 Å². The lowest BCUT2D eigenvalue weighted by Gasteiger charge is -2.35. The molecule has 0 atom stereocenters. The highest BCUT2D eigenvalue weighted by atomic mass is 16.3. The highest BCUT2D eigenvalue weighted by Crippen LogP contribution is 2.58. The van der Waals surface area contributed by atoms with Gasteiger partial charge in [0, 0.05) is 11.1 Å². The van der Waals surface area contributed by atoms with Crippen LogP contribution in [-0.4, -0.2) is 10.2 Å². The summed E-state index contributed by atoms with van der Waals surface area (Å²) in [4.78, 5) is 0. The predicted octanol–water partition coefficient (Wildman–Crippen LogP) is 5.20. The molecule has 0 fully saturated rings. The minimum absolute atomic E-state index is 0.0403. The quantitative estimate of drug-likeness (QED) is 0.167. The van der Waals surface area contributed by atoms with Gasteiger partial charge in [-0.25, -0.2) is 0 Å². The fourth-order valence-corrected chi connectivity index (χ4v) is 5.34. The fraction of sp³-hybridized carbons (Fsp3) is 0.0968. The van der Waals surface area contributed by atoms with E-state index < -0.39 is 5.41 Å². The Kier molecular flexibility index (Phi) is 4.79. The van der Waals surface area contributed by atoms with Crippen LogP contribution >= 0.6 is 0 Å². The average Bonchev–Trinajstić information content (AvgIpc) is 3.14. The number of nitrogens with two attached hydrogens (primary N) is 2. The van der Waals surface area contributed by atoms with Crippen molar-refractivity contribution in [3.05, 3.63) is 105 Å². The second-order valence-electron chi connectivity index (χ2n) is 9.02. The monoisotopic (exact) mass is 456 g/mol. The summed E-state index contributed by atoms with van der Waals surface area (Å²) in [5.74, 6) is 5.58. The van der Waals surface area contributed by atoms with Gasteiger partial charge in [-0.1, -0.05) is 36.1 Å². The topological polar surface area (TPSA) is 92.5 Å². The van der Waals surface area contributed by atoms with E-state index in [0.717, 1.165) is 44.5 Å². The van der Waals surface area contributed by atoms with E-state index in [1.807, 2.05) is 62.4 Å². The minimum Gasteiger partial charge on any atom is -0.506 e. The molecule has 0 aromatic heterocycles. The Morgan fingerprint density at radius 3 is 1.40 bits per heavy atom. The van der Waals surface area contributed by atoms with Crippen LogP contribution in [0.15, 0.2) is 60.7 Å². The third kappa shape index (κ3) is 2.98. The van der Waals surface area contributed by atoms with Crippen LogP contribution in [0.5, 0.6) is 11.5 Å². The summed E-state index contributed by atoms with van der Waals surface area (Å²) in [6.45, 7) is 3.62. The van der Waals surface area contributed by atoms with Gasteiger partial charge < -0.3 is 21.7 Å². The van der Waals surface area contributed by atoms with E-state index >= 15 is 0 Å². The summed E-state index contributed by atoms with van der Waals surface area (Å²) >= 11 is 0. The lowest BCUT2D eigenvalue weighted by molar-refractivity contribution is 0.473. The zero-order chi connectivity index (χ0) is 25.1. The van der Waals surface area contributed by atoms with Crippen molar-refractivity contribution in [3.8, 4) is 47.3 Å². The smallest absolute Gasteiger partial charge is 0.141 e. The molecule has 6 N–H and O–H groups in total. The van der Waals surface area contributed by atoms with Gasteiger partial charge in [0.15, 0.2) is 0 Å². The van der Waals surface area contributed by atoms with Crippen LogP contribution in [0.4, 0.5) is 11.4 Å². The molecule has 0 unspecified atom stereocenters. The summed E-state index contributed by atoms with van der Waals surface area (Å²) in [5, 5.41) is 21.0. The van der Waals surface area contributed by atoms with E-state index in [9.17, 15) is 10.2 Å². The molecule has 5 rings (SSSR count). The molecule has 0 heterocycles. The molecule has 0 radical (unpaired) electrons. The third-order valence-electron chi connectivity index (χ3n) is 7.00. The molecule has 0 spiro atoms. The largest absolute Gasteiger partial charge is 0.506 e. The molecular weight excluding hydrogens is 432 g/mol. The molecule has 4 aromatic rings. The highest BCUT2D eigenvalue weighted by Gasteiger charge is 2.47. The third-order valence-corrected chi connectivity index (χ3v) is 7.00. The maximum absolute atomic E-state index is 10.5. The summed E-state index contributed by atoms with van der Waals surface area (Å²) in [5.41, 5.74) is 20.5. The molecule has 35 heavy (non-hydrogen) atoms. The lowest BCUT2D eigenvalue weighted by Crippen LogP contribution is -2.29. The predicted molar refractivity (Wildman–Crippen MR) is 141 cm³/mol. The maximum Gasteiger partial charge on any atom is 0.141 e. The molecule has 0 saturated carbocycles. The van der Waals surface area contributed by atoms with Crippen molar-refractivity contribution in [1.82, 2.24) is 0 Å². The number of phenols is 2. The number of aromatic hydroxyl groups is 2. The first kappa shape index (κ1) is 22.0. The molecule has 0 amide bonds. The zero-order valence-electron chi connectivity index (χ0n) is 19.5. The normalized spacial score (nSPS) is 12.9. The van der Waals surface area contributed by atoms with Crippen molar-refractivity contribution in [1.29, 1.82) is 0 Å². The second-order valence-corrected chi connectivity index (χ2v) is 9.02. The van der Waals surface area contributed by atoms with Crippen LogP contribution in [-0.2, 0) is 5.41 Å². The van der Waals surface area contributed by atoms with Crippen LogP contribution in [0, 0.1) is 38.5 Å². The number of hydrogen-bond donors (Lipinski definition) is 4. The molecule has 4 heteroatoms. The van der Waals surface area contributed by atoms with Crippen molar-refractivity contribution < 1.29 is 10.2 Å². The molecular formula is C31H24N2O2. The highest BCUT2D eigenvalue weighted by molar-refractivity contribution is 5.88. The van der Waals surface area contributed by atoms with Gasteiger partial charge in [0.05, 0.1) is 16.8 Å². The number of rotatable bonds is 2. The van der Waals surface area contributed by atoms with Gasteiger partial charge in [0.1, 0.15) is 11.5 Å². The summed E-state index contributed by atoms with van der Waals surface area (Å²) in [6.07, 6.45) is 11.6. The molecule has 170 valence electrons. The second kappa shape index (κ2) is 7.62. The van der Waals surface area contributed by atoms with Gasteiger partial charge in [0.25, 0.3) is 0 Å². The maximum atomic E-state index is 10.5. The number of anilines is 2. The van der Waals surface area contributed by atoms with Gasteiger partial charge in [-0.05, 0) is 94.8 Å². The number of nitrogen functional groups attached to an aromatic ring is 2. The zero-order valence-corrected chi connectivity index (χ0v) is 19.5. The Bertz CT molecular complexity index is 1460. The Morgan fingerprint density at radius 1 is 0.657 bits per heavy atom. The van der Waals surface area contributed by atoms with Gasteiger partial charge in [0.2, 0.25) is 0 Å². The Hall–Kier alpha value is -4.80. The molecule has 0 bridgehead atoms. The van der Waals surface area contributed by atoms with Gasteiger partial charge in [-0.15, -0.1) is 12.8 Å². The number of aryl methyl sites for hydroxylation is 2. The molecule has 1 aliphatic rings. The molecule has 1 aliphatic carbocycles. The SMILES string of the molecule is C#Cc1ccc2c(c1)C(c1cc(C)c(O)c(N)c1)(c1cc(C)c(O)c(N)c1)c1cc(C#C)ccc1-2. The van der Waals surface area contributed by atoms with Crippen LogP contribution in [0.25, 0.3) is 11.1 Å². The number of benzene rings is 4. The van der Waals surface area contributed by atoms with E-state index in [1.165, 1.54) is 0 Å². The molecule has 0 saturated heterocycles. The number of phenolic OH excluding ortho intramolecular Hbond substituents is 2. The minimum atomic E-state index is -0.899. The number of terminal acetylenes is 2. The summed E-state index contributed by atoms with van der Waals surface area (Å²) in [6, 6.07) is 19.3. The molecule has 4 aromatic carbocycles. The van der Waals surface area contributed by atoms with Gasteiger partial charge >= 0.3 is 0 Å². The standard InChI is InChI=1S/C31H24N2O2/c1-5-19-7-9-23-24-10-8-20(6-2)14-26(24)31(25(23)13-19,21-11-17(3)29(34)27(32)15-21)22-12-18(4)30(35)28(33)16-22/h1-2,7-16,34-35H,32-33H2,3-4H3. The van der Waals surface area contributed by atoms with Crippen molar-refractivity contribution >= 4 is 11.4 Å². The van der Waals surface area contributed by atoms with Crippen molar-refractivity contribution in [2.45, 2.75) is 19.3 Å². The van der Waals surface area contributed by atoms with E-state index in [4.69, 9.17) is 24.3 Å². The van der Waals surface area contributed by atoms with Crippen LogP contribution < -0.4 is 11.5 Å². The van der Waals surface area contributed by atoms with Gasteiger partial charge in [-0.2, -0.15) is 0 Å². The molecule has 4 nitrogen and oxygen atoms in total. The summed E-state index contributed by atoms with van der Waals surface area (Å²) in [7, 11) is 0. The van der Waals surface area contributed by atoms with Crippen LogP contribution in [0.1, 0.15) is 44.5 Å². The van der Waals surface area contributed by atoms with Crippen LogP contribution in [0.2, 0.25) is 0 Å². The fourth-order valence-electron chi connectivity index (χ4n) is 5.34. The van der Waals surface area contributed by atoms with Crippen molar-refractivity contribution in [3.63, 3.8) is 0 Å². The Balaban J connectivity index is 2.05. The van der Waals surface area contributed by atoms with E-state index in [1.54, 1.807) is 12.1 Å². The van der Waals surface area contributed by atoms with E-state index in [-0.39, 0.29) is 22.9 Å². The Labute approximate surface area is 204 Å². The van der Waals surface area contributed by atoms with Crippen LogP contribution in [0.3, 0.4) is 0 Å². The first-order valence-corrected chi connectivity index (χ1v) is 11.1. The first-order chi connectivity index (χ1) is 16.7.